The number of carbonyl (C=O) groups excluding carboxylic acids is 1. The van der Waals surface area contributed by atoms with Crippen molar-refractivity contribution in [2.75, 3.05) is 26.4 Å². The van der Waals surface area contributed by atoms with E-state index in [1.165, 1.54) is 0 Å². The van der Waals surface area contributed by atoms with Crippen molar-refractivity contribution < 1.29 is 24.2 Å². The summed E-state index contributed by atoms with van der Waals surface area (Å²) in [4.78, 5) is 23.5. The third-order valence-corrected chi connectivity index (χ3v) is 4.32. The van der Waals surface area contributed by atoms with Crippen LogP contribution in [0.2, 0.25) is 0 Å². The fraction of sp³-hybridized carbons (Fsp3) is 0.667. The predicted octanol–water partition coefficient (Wildman–Crippen LogP) is 0.413. The zero-order valence-corrected chi connectivity index (χ0v) is 13.7. The Bertz CT molecular complexity index is 590. The summed E-state index contributed by atoms with van der Waals surface area (Å²) in [5, 5.41) is 16.3. The lowest BCUT2D eigenvalue weighted by molar-refractivity contribution is -0.154. The van der Waals surface area contributed by atoms with Gasteiger partial charge in [-0.2, -0.15) is 5.10 Å². The van der Waals surface area contributed by atoms with Crippen LogP contribution in [-0.2, 0) is 21.4 Å². The second-order valence-electron chi connectivity index (χ2n) is 5.89. The quantitative estimate of drug-likeness (QED) is 0.785. The van der Waals surface area contributed by atoms with Gasteiger partial charge in [0.25, 0.3) is 5.91 Å². The van der Waals surface area contributed by atoms with Crippen molar-refractivity contribution in [3.05, 3.63) is 11.4 Å². The molecule has 8 nitrogen and oxygen atoms in total. The number of hydrogen-bond donors (Lipinski definition) is 2. The number of nitrogens with one attached hydrogen (secondary N) is 1. The van der Waals surface area contributed by atoms with E-state index in [0.717, 1.165) is 5.69 Å². The SMILES string of the molecule is Cc1nn(C)c(C)c1OCC(=O)NCC1(C(=O)O)CCOCC1. The van der Waals surface area contributed by atoms with E-state index < -0.39 is 11.4 Å². The zero-order valence-electron chi connectivity index (χ0n) is 13.7. The fourth-order valence-electron chi connectivity index (χ4n) is 2.65. The van der Waals surface area contributed by atoms with Gasteiger partial charge in [-0.1, -0.05) is 0 Å². The maximum absolute atomic E-state index is 12.0. The highest BCUT2D eigenvalue weighted by Crippen LogP contribution is 2.30. The molecule has 1 aromatic rings. The van der Waals surface area contributed by atoms with Crippen LogP contribution in [0.25, 0.3) is 0 Å². The molecule has 0 saturated carbocycles. The lowest BCUT2D eigenvalue weighted by Gasteiger charge is -2.33. The van der Waals surface area contributed by atoms with Crippen molar-refractivity contribution in [2.24, 2.45) is 12.5 Å². The van der Waals surface area contributed by atoms with Crippen LogP contribution < -0.4 is 10.1 Å². The highest BCUT2D eigenvalue weighted by Gasteiger charge is 2.40. The minimum absolute atomic E-state index is 0.0822. The number of rotatable bonds is 6. The van der Waals surface area contributed by atoms with Gasteiger partial charge in [-0.15, -0.1) is 0 Å². The first-order valence-electron chi connectivity index (χ1n) is 7.56. The normalized spacial score (nSPS) is 16.8. The topological polar surface area (TPSA) is 103 Å². The molecular weight excluding hydrogens is 302 g/mol. The number of nitrogens with zero attached hydrogens (tertiary/aromatic N) is 2. The van der Waals surface area contributed by atoms with E-state index in [2.05, 4.69) is 10.4 Å². The van der Waals surface area contributed by atoms with Crippen LogP contribution in [0.15, 0.2) is 0 Å². The lowest BCUT2D eigenvalue weighted by atomic mass is 9.80. The number of aryl methyl sites for hydroxylation is 2. The molecule has 0 bridgehead atoms. The molecule has 1 amide bonds. The van der Waals surface area contributed by atoms with Gasteiger partial charge in [-0.05, 0) is 26.7 Å². The molecule has 0 atom stereocenters. The van der Waals surface area contributed by atoms with Crippen molar-refractivity contribution in [1.82, 2.24) is 15.1 Å². The van der Waals surface area contributed by atoms with Gasteiger partial charge in [0.2, 0.25) is 0 Å². The molecule has 1 aromatic heterocycles. The first kappa shape index (κ1) is 17.3. The average Bonchev–Trinajstić information content (AvgIpc) is 2.77. The molecule has 2 N–H and O–H groups in total. The van der Waals surface area contributed by atoms with Crippen molar-refractivity contribution >= 4 is 11.9 Å². The van der Waals surface area contributed by atoms with E-state index in [4.69, 9.17) is 9.47 Å². The van der Waals surface area contributed by atoms with Gasteiger partial charge in [0.15, 0.2) is 12.4 Å². The third kappa shape index (κ3) is 3.82. The van der Waals surface area contributed by atoms with Gasteiger partial charge in [0.1, 0.15) is 5.69 Å². The van der Waals surface area contributed by atoms with Crippen molar-refractivity contribution in [3.8, 4) is 5.75 Å². The summed E-state index contributed by atoms with van der Waals surface area (Å²) in [5.74, 6) is -0.664. The number of ether oxygens (including phenoxy) is 2. The number of carboxylic acid groups (broad SMARTS) is 1. The minimum atomic E-state index is -0.950. The molecule has 1 aliphatic heterocycles. The Balaban J connectivity index is 1.88. The number of aromatic nitrogens is 2. The van der Waals surface area contributed by atoms with Crippen LogP contribution in [0, 0.1) is 19.3 Å². The summed E-state index contributed by atoms with van der Waals surface area (Å²) in [6.07, 6.45) is 0.786. The van der Waals surface area contributed by atoms with Crippen molar-refractivity contribution in [2.45, 2.75) is 26.7 Å². The zero-order chi connectivity index (χ0) is 17.0. The Labute approximate surface area is 134 Å². The van der Waals surface area contributed by atoms with E-state index in [1.54, 1.807) is 11.7 Å². The van der Waals surface area contributed by atoms with Crippen molar-refractivity contribution in [3.63, 3.8) is 0 Å². The summed E-state index contributed by atoms with van der Waals surface area (Å²) in [7, 11) is 1.80. The average molecular weight is 325 g/mol. The van der Waals surface area contributed by atoms with E-state index in [1.807, 2.05) is 13.8 Å². The maximum atomic E-state index is 12.0. The summed E-state index contributed by atoms with van der Waals surface area (Å²) >= 11 is 0. The molecule has 0 unspecified atom stereocenters. The maximum Gasteiger partial charge on any atom is 0.311 e. The Hall–Kier alpha value is -2.09. The first-order chi connectivity index (χ1) is 10.9. The standard InChI is InChI=1S/C15H23N3O5/c1-10-13(11(2)18(3)17-10)23-8-12(19)16-9-15(14(20)21)4-6-22-7-5-15/h4-9H2,1-3H3,(H,16,19)(H,20,21). The second kappa shape index (κ2) is 6.99. The molecule has 0 aliphatic carbocycles. The summed E-state index contributed by atoms with van der Waals surface area (Å²) in [5.41, 5.74) is 0.597. The lowest BCUT2D eigenvalue weighted by Crippen LogP contribution is -2.47. The van der Waals surface area contributed by atoms with Crippen LogP contribution in [-0.4, -0.2) is 53.1 Å². The smallest absolute Gasteiger partial charge is 0.311 e. The fourth-order valence-corrected chi connectivity index (χ4v) is 2.65. The molecule has 23 heavy (non-hydrogen) atoms. The highest BCUT2D eigenvalue weighted by molar-refractivity contribution is 5.80. The van der Waals surface area contributed by atoms with E-state index in [-0.39, 0.29) is 19.1 Å². The first-order valence-corrected chi connectivity index (χ1v) is 7.56. The van der Waals surface area contributed by atoms with E-state index in [0.29, 0.717) is 37.5 Å². The van der Waals surface area contributed by atoms with Gasteiger partial charge in [0, 0.05) is 26.8 Å². The molecule has 2 rings (SSSR count). The van der Waals surface area contributed by atoms with Crippen LogP contribution in [0.1, 0.15) is 24.2 Å². The number of hydrogen-bond acceptors (Lipinski definition) is 5. The van der Waals surface area contributed by atoms with E-state index >= 15 is 0 Å². The number of carboxylic acids is 1. The van der Waals surface area contributed by atoms with Gasteiger partial charge >= 0.3 is 5.97 Å². The van der Waals surface area contributed by atoms with Gasteiger partial charge in [-0.25, -0.2) is 0 Å². The Kier molecular flexibility index (Phi) is 5.25. The number of amides is 1. The summed E-state index contributed by atoms with van der Waals surface area (Å²) in [6, 6.07) is 0. The molecule has 0 spiro atoms. The Morgan fingerprint density at radius 2 is 2.04 bits per heavy atom. The second-order valence-corrected chi connectivity index (χ2v) is 5.89. The van der Waals surface area contributed by atoms with Gasteiger partial charge in [-0.3, -0.25) is 14.3 Å². The molecule has 128 valence electrons. The van der Waals surface area contributed by atoms with Gasteiger partial charge in [0.05, 0.1) is 11.1 Å². The van der Waals surface area contributed by atoms with Crippen molar-refractivity contribution in [1.29, 1.82) is 0 Å². The summed E-state index contributed by atoms with van der Waals surface area (Å²) < 4.78 is 12.4. The number of aliphatic carboxylic acids is 1. The predicted molar refractivity (Wildman–Crippen MR) is 81.3 cm³/mol. The van der Waals surface area contributed by atoms with Crippen LogP contribution in [0.5, 0.6) is 5.75 Å². The minimum Gasteiger partial charge on any atom is -0.481 e. The van der Waals surface area contributed by atoms with Crippen LogP contribution >= 0.6 is 0 Å². The molecule has 1 fully saturated rings. The molecule has 0 radical (unpaired) electrons. The molecule has 1 aliphatic rings. The molecule has 0 aromatic carbocycles. The third-order valence-electron chi connectivity index (χ3n) is 4.32. The molecule has 2 heterocycles. The molecule has 1 saturated heterocycles. The monoisotopic (exact) mass is 325 g/mol. The molecular formula is C15H23N3O5. The highest BCUT2D eigenvalue weighted by atomic mass is 16.5. The Morgan fingerprint density at radius 1 is 1.39 bits per heavy atom. The van der Waals surface area contributed by atoms with E-state index in [9.17, 15) is 14.7 Å². The van der Waals surface area contributed by atoms with Gasteiger partial charge < -0.3 is 19.9 Å². The van der Waals surface area contributed by atoms with Crippen LogP contribution in [0.3, 0.4) is 0 Å². The number of carbonyl (C=O) groups is 2. The van der Waals surface area contributed by atoms with Crippen LogP contribution in [0.4, 0.5) is 0 Å². The molecule has 8 heteroatoms. The summed E-state index contributed by atoms with van der Waals surface area (Å²) in [6.45, 7) is 4.37. The Morgan fingerprint density at radius 3 is 2.57 bits per heavy atom. The largest absolute Gasteiger partial charge is 0.481 e.